The number of carboxylic acids is 1. The van der Waals surface area contributed by atoms with E-state index in [4.69, 9.17) is 5.11 Å². The highest BCUT2D eigenvalue weighted by molar-refractivity contribution is 5.87. The van der Waals surface area contributed by atoms with E-state index in [2.05, 4.69) is 0 Å². The average molecular weight is 289 g/mol. The van der Waals surface area contributed by atoms with E-state index in [-0.39, 0.29) is 5.56 Å². The van der Waals surface area contributed by atoms with Crippen LogP contribution in [0.5, 0.6) is 0 Å². The summed E-state index contributed by atoms with van der Waals surface area (Å²) in [5, 5.41) is 8.98. The molecule has 0 aliphatic carbocycles. The first-order valence-electron chi connectivity index (χ1n) is 6.54. The molecule has 1 heterocycles. The second-order valence-corrected chi connectivity index (χ2v) is 5.17. The largest absolute Gasteiger partial charge is 0.478 e. The molecule has 2 aromatic rings. The Morgan fingerprint density at radius 2 is 1.86 bits per heavy atom. The number of rotatable bonds is 3. The van der Waals surface area contributed by atoms with E-state index in [1.165, 1.54) is 6.07 Å². The first-order chi connectivity index (χ1) is 10.0. The van der Waals surface area contributed by atoms with Gasteiger partial charge in [-0.1, -0.05) is 6.07 Å². The highest BCUT2D eigenvalue weighted by Crippen LogP contribution is 2.26. The van der Waals surface area contributed by atoms with E-state index < -0.39 is 17.6 Å². The van der Waals surface area contributed by atoms with Gasteiger partial charge in [-0.3, -0.25) is 4.90 Å². The predicted octanol–water partition coefficient (Wildman–Crippen LogP) is 3.18. The standard InChI is InChI=1S/C16H13F2NO2/c17-14-3-4-15(18)13(6-14)9-19-7-11-2-1-10(16(20)21)5-12(11)8-19/h1-6H,7-9H2,(H,20,21). The van der Waals surface area contributed by atoms with Crippen LogP contribution in [0.3, 0.4) is 0 Å². The van der Waals surface area contributed by atoms with Crippen molar-refractivity contribution in [2.75, 3.05) is 0 Å². The molecule has 0 spiro atoms. The molecule has 0 unspecified atom stereocenters. The third-order valence-electron chi connectivity index (χ3n) is 3.64. The minimum atomic E-state index is -0.965. The number of aromatic carboxylic acids is 1. The van der Waals surface area contributed by atoms with E-state index in [0.717, 1.165) is 23.3 Å². The van der Waals surface area contributed by atoms with Gasteiger partial charge in [0, 0.05) is 25.2 Å². The van der Waals surface area contributed by atoms with Crippen LogP contribution in [0.15, 0.2) is 36.4 Å². The third-order valence-corrected chi connectivity index (χ3v) is 3.64. The quantitative estimate of drug-likeness (QED) is 0.943. The minimum Gasteiger partial charge on any atom is -0.478 e. The zero-order valence-corrected chi connectivity index (χ0v) is 11.1. The Labute approximate surface area is 120 Å². The fourth-order valence-corrected chi connectivity index (χ4v) is 2.62. The number of halogens is 2. The summed E-state index contributed by atoms with van der Waals surface area (Å²) in [5.41, 5.74) is 2.50. The highest BCUT2D eigenvalue weighted by Gasteiger charge is 2.21. The molecule has 108 valence electrons. The Morgan fingerprint density at radius 3 is 2.62 bits per heavy atom. The Morgan fingerprint density at radius 1 is 1.10 bits per heavy atom. The van der Waals surface area contributed by atoms with Crippen molar-refractivity contribution >= 4 is 5.97 Å². The maximum absolute atomic E-state index is 13.7. The summed E-state index contributed by atoms with van der Waals surface area (Å²) in [6.07, 6.45) is 0. The summed E-state index contributed by atoms with van der Waals surface area (Å²) in [6.45, 7) is 1.43. The third kappa shape index (κ3) is 2.78. The highest BCUT2D eigenvalue weighted by atomic mass is 19.1. The van der Waals surface area contributed by atoms with Gasteiger partial charge < -0.3 is 5.11 Å². The normalized spacial score (nSPS) is 14.2. The lowest BCUT2D eigenvalue weighted by Crippen LogP contribution is -2.16. The first-order valence-corrected chi connectivity index (χ1v) is 6.54. The summed E-state index contributed by atoms with van der Waals surface area (Å²) in [7, 11) is 0. The molecular formula is C16H13F2NO2. The second-order valence-electron chi connectivity index (χ2n) is 5.17. The Hall–Kier alpha value is -2.27. The lowest BCUT2D eigenvalue weighted by atomic mass is 10.1. The minimum absolute atomic E-state index is 0.243. The fourth-order valence-electron chi connectivity index (χ4n) is 2.62. The van der Waals surface area contributed by atoms with Crippen LogP contribution in [0.4, 0.5) is 8.78 Å². The molecule has 1 aliphatic rings. The van der Waals surface area contributed by atoms with Crippen LogP contribution in [0.1, 0.15) is 27.0 Å². The molecule has 0 aromatic heterocycles. The molecule has 0 bridgehead atoms. The summed E-state index contributed by atoms with van der Waals surface area (Å²) < 4.78 is 26.8. The van der Waals surface area contributed by atoms with E-state index in [1.807, 2.05) is 4.90 Å². The van der Waals surface area contributed by atoms with Crippen LogP contribution in [-0.4, -0.2) is 16.0 Å². The molecule has 0 fully saturated rings. The fraction of sp³-hybridized carbons (Fsp3) is 0.188. The molecule has 1 N–H and O–H groups in total. The predicted molar refractivity (Wildman–Crippen MR) is 72.7 cm³/mol. The maximum atomic E-state index is 13.7. The second kappa shape index (κ2) is 5.26. The topological polar surface area (TPSA) is 40.5 Å². The number of hydrogen-bond acceptors (Lipinski definition) is 2. The SMILES string of the molecule is O=C(O)c1ccc2c(c1)CN(Cc1cc(F)ccc1F)C2. The first kappa shape index (κ1) is 13.7. The van der Waals surface area contributed by atoms with Gasteiger partial charge in [-0.15, -0.1) is 0 Å². The van der Waals surface area contributed by atoms with Crippen LogP contribution in [-0.2, 0) is 19.6 Å². The van der Waals surface area contributed by atoms with Crippen molar-refractivity contribution in [2.24, 2.45) is 0 Å². The number of carbonyl (C=O) groups is 1. The van der Waals surface area contributed by atoms with Crippen molar-refractivity contribution in [1.82, 2.24) is 4.90 Å². The number of benzene rings is 2. The molecule has 0 radical (unpaired) electrons. The molecule has 2 aromatic carbocycles. The Balaban J connectivity index is 1.78. The van der Waals surface area contributed by atoms with Crippen molar-refractivity contribution in [3.63, 3.8) is 0 Å². The maximum Gasteiger partial charge on any atom is 0.335 e. The summed E-state index contributed by atoms with van der Waals surface area (Å²) >= 11 is 0. The molecule has 21 heavy (non-hydrogen) atoms. The summed E-state index contributed by atoms with van der Waals surface area (Å²) in [5.74, 6) is -1.86. The van der Waals surface area contributed by atoms with Gasteiger partial charge in [-0.2, -0.15) is 0 Å². The van der Waals surface area contributed by atoms with Crippen LogP contribution < -0.4 is 0 Å². The van der Waals surface area contributed by atoms with Crippen LogP contribution in [0, 0.1) is 11.6 Å². The zero-order chi connectivity index (χ0) is 15.0. The van der Waals surface area contributed by atoms with Gasteiger partial charge in [0.25, 0.3) is 0 Å². The van der Waals surface area contributed by atoms with Crippen molar-refractivity contribution in [1.29, 1.82) is 0 Å². The Kier molecular flexibility index (Phi) is 3.43. The molecule has 0 saturated carbocycles. The van der Waals surface area contributed by atoms with Gasteiger partial charge in [0.2, 0.25) is 0 Å². The average Bonchev–Trinajstić information content (AvgIpc) is 2.84. The van der Waals surface area contributed by atoms with Gasteiger partial charge in [0.15, 0.2) is 0 Å². The number of hydrogen-bond donors (Lipinski definition) is 1. The van der Waals surface area contributed by atoms with E-state index in [9.17, 15) is 13.6 Å². The summed E-state index contributed by atoms with van der Waals surface area (Å²) in [4.78, 5) is 12.9. The molecule has 0 atom stereocenters. The molecule has 5 heteroatoms. The molecular weight excluding hydrogens is 276 g/mol. The molecule has 3 rings (SSSR count). The Bertz CT molecular complexity index is 715. The van der Waals surface area contributed by atoms with Gasteiger partial charge in [0.1, 0.15) is 11.6 Å². The molecule has 3 nitrogen and oxygen atoms in total. The number of carboxylic acid groups (broad SMARTS) is 1. The smallest absolute Gasteiger partial charge is 0.335 e. The van der Waals surface area contributed by atoms with Crippen molar-refractivity contribution < 1.29 is 18.7 Å². The van der Waals surface area contributed by atoms with E-state index >= 15 is 0 Å². The van der Waals surface area contributed by atoms with Crippen LogP contribution >= 0.6 is 0 Å². The van der Waals surface area contributed by atoms with Gasteiger partial charge in [-0.25, -0.2) is 13.6 Å². The number of fused-ring (bicyclic) bond motifs is 1. The van der Waals surface area contributed by atoms with Crippen molar-refractivity contribution in [2.45, 2.75) is 19.6 Å². The van der Waals surface area contributed by atoms with Gasteiger partial charge >= 0.3 is 5.97 Å². The molecule has 1 aliphatic heterocycles. The zero-order valence-electron chi connectivity index (χ0n) is 11.1. The van der Waals surface area contributed by atoms with E-state index in [0.29, 0.717) is 25.2 Å². The van der Waals surface area contributed by atoms with Crippen molar-refractivity contribution in [3.8, 4) is 0 Å². The molecule has 0 saturated heterocycles. The van der Waals surface area contributed by atoms with Gasteiger partial charge in [0.05, 0.1) is 5.56 Å². The van der Waals surface area contributed by atoms with Crippen LogP contribution in [0.2, 0.25) is 0 Å². The lowest BCUT2D eigenvalue weighted by Gasteiger charge is -2.15. The number of nitrogens with zero attached hydrogens (tertiary/aromatic N) is 1. The summed E-state index contributed by atoms with van der Waals surface area (Å²) in [6, 6.07) is 8.39. The molecule has 0 amide bonds. The van der Waals surface area contributed by atoms with Crippen LogP contribution in [0.25, 0.3) is 0 Å². The monoisotopic (exact) mass is 289 g/mol. The van der Waals surface area contributed by atoms with Gasteiger partial charge in [-0.05, 0) is 41.5 Å². The van der Waals surface area contributed by atoms with E-state index in [1.54, 1.807) is 18.2 Å². The lowest BCUT2D eigenvalue weighted by molar-refractivity contribution is 0.0696. The van der Waals surface area contributed by atoms with Crippen molar-refractivity contribution in [3.05, 3.63) is 70.3 Å².